The lowest BCUT2D eigenvalue weighted by Crippen LogP contribution is -2.27. The quantitative estimate of drug-likeness (QED) is 0.551. The van der Waals surface area contributed by atoms with Crippen molar-refractivity contribution in [3.8, 4) is 0 Å². The van der Waals surface area contributed by atoms with Crippen molar-refractivity contribution in [2.75, 3.05) is 16.8 Å². The molecule has 1 aliphatic rings. The molecule has 0 aromatic heterocycles. The minimum Gasteiger partial charge on any atom is -0.320 e. The Kier molecular flexibility index (Phi) is 6.57. The third kappa shape index (κ3) is 5.13. The van der Waals surface area contributed by atoms with Gasteiger partial charge in [-0.25, -0.2) is 13.1 Å². The van der Waals surface area contributed by atoms with Gasteiger partial charge in [0.2, 0.25) is 15.9 Å². The largest absolute Gasteiger partial charge is 0.320 e. The number of amides is 2. The summed E-state index contributed by atoms with van der Waals surface area (Å²) in [4.78, 5) is 26.8. The summed E-state index contributed by atoms with van der Waals surface area (Å²) in [5, 5.41) is 2.82. The molecule has 1 heterocycles. The van der Waals surface area contributed by atoms with E-state index in [0.29, 0.717) is 24.3 Å². The van der Waals surface area contributed by atoms with Gasteiger partial charge in [-0.3, -0.25) is 9.59 Å². The summed E-state index contributed by atoms with van der Waals surface area (Å²) in [6, 6.07) is 21.8. The van der Waals surface area contributed by atoms with Crippen molar-refractivity contribution in [3.63, 3.8) is 0 Å². The van der Waals surface area contributed by atoms with Crippen molar-refractivity contribution in [2.24, 2.45) is 0 Å². The summed E-state index contributed by atoms with van der Waals surface area (Å²) in [6.45, 7) is 2.37. The first-order valence-corrected chi connectivity index (χ1v) is 12.2. The van der Waals surface area contributed by atoms with Crippen LogP contribution in [0.5, 0.6) is 0 Å². The molecule has 3 aromatic rings. The van der Waals surface area contributed by atoms with E-state index in [1.807, 2.05) is 36.4 Å². The molecular weight excluding hydrogens is 438 g/mol. The predicted molar refractivity (Wildman–Crippen MR) is 128 cm³/mol. The summed E-state index contributed by atoms with van der Waals surface area (Å²) in [6.07, 6.45) is 1.26. The number of benzene rings is 3. The zero-order valence-corrected chi connectivity index (χ0v) is 19.0. The van der Waals surface area contributed by atoms with Crippen molar-refractivity contribution in [1.82, 2.24) is 4.72 Å². The Morgan fingerprint density at radius 2 is 1.70 bits per heavy atom. The van der Waals surface area contributed by atoms with Crippen molar-refractivity contribution in [1.29, 1.82) is 0 Å². The van der Waals surface area contributed by atoms with Crippen molar-refractivity contribution < 1.29 is 18.0 Å². The average Bonchev–Trinajstić information content (AvgIpc) is 3.25. The molecule has 0 bridgehead atoms. The third-order valence-electron chi connectivity index (χ3n) is 5.55. The van der Waals surface area contributed by atoms with E-state index in [0.717, 1.165) is 12.0 Å². The summed E-state index contributed by atoms with van der Waals surface area (Å²) < 4.78 is 28.5. The highest BCUT2D eigenvalue weighted by atomic mass is 32.2. The van der Waals surface area contributed by atoms with E-state index in [4.69, 9.17) is 0 Å². The molecule has 33 heavy (non-hydrogen) atoms. The number of hydrogen-bond donors (Lipinski definition) is 2. The maximum absolute atomic E-state index is 13.0. The first-order chi connectivity index (χ1) is 15.8. The third-order valence-corrected chi connectivity index (χ3v) is 7.09. The lowest BCUT2D eigenvalue weighted by Gasteiger charge is -2.20. The summed E-state index contributed by atoms with van der Waals surface area (Å²) in [7, 11) is -3.85. The molecule has 7 nitrogen and oxygen atoms in total. The van der Waals surface area contributed by atoms with Crippen LogP contribution in [0.1, 0.15) is 41.7 Å². The number of carbonyl (C=O) groups excluding carboxylic acids is 2. The number of nitrogens with zero attached hydrogens (tertiary/aromatic N) is 1. The first-order valence-electron chi connectivity index (χ1n) is 10.7. The van der Waals surface area contributed by atoms with E-state index in [1.165, 1.54) is 18.2 Å². The van der Waals surface area contributed by atoms with Crippen LogP contribution in [0, 0.1) is 0 Å². The van der Waals surface area contributed by atoms with Gasteiger partial charge in [-0.1, -0.05) is 48.5 Å². The van der Waals surface area contributed by atoms with Gasteiger partial charge in [-0.2, -0.15) is 0 Å². The highest BCUT2D eigenvalue weighted by Crippen LogP contribution is 2.30. The lowest BCUT2D eigenvalue weighted by atomic mass is 10.1. The van der Waals surface area contributed by atoms with E-state index in [9.17, 15) is 18.0 Å². The minimum absolute atomic E-state index is 0.000868. The normalized spacial score (nSPS) is 14.8. The van der Waals surface area contributed by atoms with E-state index in [1.54, 1.807) is 36.1 Å². The maximum atomic E-state index is 13.0. The van der Waals surface area contributed by atoms with E-state index in [2.05, 4.69) is 10.0 Å². The fraction of sp³-hybridized carbons (Fsp3) is 0.200. The molecule has 1 aliphatic heterocycles. The Bertz CT molecular complexity index is 1280. The number of carbonyl (C=O) groups is 2. The van der Waals surface area contributed by atoms with Gasteiger partial charge < -0.3 is 10.2 Å². The Morgan fingerprint density at radius 1 is 0.970 bits per heavy atom. The van der Waals surface area contributed by atoms with Crippen LogP contribution in [-0.4, -0.2) is 26.8 Å². The highest BCUT2D eigenvalue weighted by molar-refractivity contribution is 7.89. The minimum atomic E-state index is -3.85. The van der Waals surface area contributed by atoms with E-state index >= 15 is 0 Å². The van der Waals surface area contributed by atoms with Gasteiger partial charge in [0.1, 0.15) is 0 Å². The van der Waals surface area contributed by atoms with Gasteiger partial charge in [0.15, 0.2) is 0 Å². The van der Waals surface area contributed by atoms with Crippen LogP contribution in [0.25, 0.3) is 0 Å². The van der Waals surface area contributed by atoms with Gasteiger partial charge in [-0.05, 0) is 49.2 Å². The Labute approximate surface area is 193 Å². The molecular formula is C25H25N3O4S. The van der Waals surface area contributed by atoms with Gasteiger partial charge in [0.25, 0.3) is 5.91 Å². The lowest BCUT2D eigenvalue weighted by molar-refractivity contribution is -0.117. The van der Waals surface area contributed by atoms with E-state index in [-0.39, 0.29) is 16.4 Å². The summed E-state index contributed by atoms with van der Waals surface area (Å²) in [5.41, 5.74) is 2.17. The molecule has 3 aromatic carbocycles. The number of rotatable bonds is 7. The second-order valence-corrected chi connectivity index (χ2v) is 9.62. The van der Waals surface area contributed by atoms with Crippen LogP contribution in [0.4, 0.5) is 11.4 Å². The van der Waals surface area contributed by atoms with Gasteiger partial charge in [-0.15, -0.1) is 0 Å². The van der Waals surface area contributed by atoms with Crippen LogP contribution >= 0.6 is 0 Å². The van der Waals surface area contributed by atoms with Crippen molar-refractivity contribution >= 4 is 33.2 Å². The van der Waals surface area contributed by atoms with Gasteiger partial charge in [0, 0.05) is 24.6 Å². The molecule has 2 N–H and O–H groups in total. The Balaban J connectivity index is 1.54. The molecule has 1 unspecified atom stereocenters. The van der Waals surface area contributed by atoms with Gasteiger partial charge >= 0.3 is 0 Å². The van der Waals surface area contributed by atoms with E-state index < -0.39 is 22.0 Å². The smallest absolute Gasteiger partial charge is 0.255 e. The fourth-order valence-electron chi connectivity index (χ4n) is 3.83. The average molecular weight is 464 g/mol. The summed E-state index contributed by atoms with van der Waals surface area (Å²) >= 11 is 0. The predicted octanol–water partition coefficient (Wildman–Crippen LogP) is 4.11. The number of hydrogen-bond acceptors (Lipinski definition) is 4. The molecule has 0 aliphatic carbocycles. The Morgan fingerprint density at radius 3 is 2.42 bits per heavy atom. The second kappa shape index (κ2) is 9.56. The highest BCUT2D eigenvalue weighted by Gasteiger charge is 2.25. The number of anilines is 2. The molecule has 2 amide bonds. The molecule has 1 saturated heterocycles. The second-order valence-electron chi connectivity index (χ2n) is 7.90. The monoisotopic (exact) mass is 463 g/mol. The number of para-hydroxylation sites is 2. The van der Waals surface area contributed by atoms with Crippen LogP contribution in [0.2, 0.25) is 0 Å². The van der Waals surface area contributed by atoms with Crippen LogP contribution in [0.3, 0.4) is 0 Å². The zero-order valence-electron chi connectivity index (χ0n) is 18.2. The SMILES string of the molecule is CC(NS(=O)(=O)c1cccc(C(=O)Nc2ccccc2N2CCCC2=O)c1)c1ccccc1. The fourth-order valence-corrected chi connectivity index (χ4v) is 5.10. The molecule has 4 rings (SSSR count). The van der Waals surface area contributed by atoms with Crippen LogP contribution in [-0.2, 0) is 14.8 Å². The number of sulfonamides is 1. The molecule has 0 saturated carbocycles. The zero-order chi connectivity index (χ0) is 23.4. The van der Waals surface area contributed by atoms with Gasteiger partial charge in [0.05, 0.1) is 16.3 Å². The van der Waals surface area contributed by atoms with Crippen LogP contribution < -0.4 is 14.9 Å². The molecule has 8 heteroatoms. The Hall–Kier alpha value is -3.49. The van der Waals surface area contributed by atoms with Crippen molar-refractivity contribution in [2.45, 2.75) is 30.7 Å². The topological polar surface area (TPSA) is 95.6 Å². The maximum Gasteiger partial charge on any atom is 0.255 e. The van der Waals surface area contributed by atoms with Crippen molar-refractivity contribution in [3.05, 3.63) is 90.0 Å². The molecule has 1 fully saturated rings. The molecule has 1 atom stereocenters. The number of nitrogens with one attached hydrogen (secondary N) is 2. The standard InChI is InChI=1S/C25H25N3O4S/c1-18(19-9-3-2-4-10-19)27-33(31,32)21-12-7-11-20(17-21)25(30)26-22-13-5-6-14-23(22)28-16-8-15-24(28)29/h2-7,9-14,17-18,27H,8,15-16H2,1H3,(H,26,30). The molecule has 170 valence electrons. The summed E-state index contributed by atoms with van der Waals surface area (Å²) in [5.74, 6) is -0.439. The first kappa shape index (κ1) is 22.7. The van der Waals surface area contributed by atoms with Crippen LogP contribution in [0.15, 0.2) is 83.8 Å². The molecule has 0 spiro atoms. The molecule has 0 radical (unpaired) electrons.